The smallest absolute Gasteiger partial charge is 0.0748 e. The number of hydrogen-bond donors (Lipinski definition) is 1. The standard InChI is InChI=1S/C14H22N2O/c1-3-12-10-16(8-9-17-12)14-7-5-4-6-13(14)11(2)15/h4-7,11-12H,3,8-10,15H2,1-2H3. The van der Waals surface area contributed by atoms with Crippen molar-refractivity contribution in [2.75, 3.05) is 24.6 Å². The number of nitrogens with zero attached hydrogens (tertiary/aromatic N) is 1. The van der Waals surface area contributed by atoms with Crippen molar-refractivity contribution in [3.8, 4) is 0 Å². The first-order valence-electron chi connectivity index (χ1n) is 6.43. The molecule has 2 unspecified atom stereocenters. The summed E-state index contributed by atoms with van der Waals surface area (Å²) in [4.78, 5) is 2.40. The van der Waals surface area contributed by atoms with Crippen molar-refractivity contribution in [2.45, 2.75) is 32.4 Å². The van der Waals surface area contributed by atoms with Crippen LogP contribution in [-0.2, 0) is 4.74 Å². The maximum atomic E-state index is 6.03. The van der Waals surface area contributed by atoms with E-state index in [1.54, 1.807) is 0 Å². The number of anilines is 1. The number of ether oxygens (including phenoxy) is 1. The van der Waals surface area contributed by atoms with Gasteiger partial charge in [0.1, 0.15) is 0 Å². The lowest BCUT2D eigenvalue weighted by molar-refractivity contribution is 0.0383. The molecule has 2 atom stereocenters. The van der Waals surface area contributed by atoms with E-state index in [1.165, 1.54) is 11.3 Å². The number of rotatable bonds is 3. The number of benzene rings is 1. The van der Waals surface area contributed by atoms with Gasteiger partial charge in [-0.1, -0.05) is 25.1 Å². The Morgan fingerprint density at radius 1 is 1.47 bits per heavy atom. The quantitative estimate of drug-likeness (QED) is 0.872. The summed E-state index contributed by atoms with van der Waals surface area (Å²) >= 11 is 0. The Balaban J connectivity index is 2.21. The Hall–Kier alpha value is -1.06. The first-order chi connectivity index (χ1) is 8.22. The van der Waals surface area contributed by atoms with Crippen LogP contribution in [-0.4, -0.2) is 25.8 Å². The minimum Gasteiger partial charge on any atom is -0.375 e. The third-order valence-corrected chi connectivity index (χ3v) is 3.36. The van der Waals surface area contributed by atoms with Crippen molar-refractivity contribution in [3.05, 3.63) is 29.8 Å². The molecule has 1 aliphatic rings. The summed E-state index contributed by atoms with van der Waals surface area (Å²) in [5, 5.41) is 0. The summed E-state index contributed by atoms with van der Waals surface area (Å²) in [6.07, 6.45) is 1.42. The van der Waals surface area contributed by atoms with E-state index < -0.39 is 0 Å². The number of hydrogen-bond acceptors (Lipinski definition) is 3. The number of para-hydroxylation sites is 1. The summed E-state index contributed by atoms with van der Waals surface area (Å²) in [7, 11) is 0. The lowest BCUT2D eigenvalue weighted by atomic mass is 10.0. The molecule has 0 aromatic heterocycles. The number of morpholine rings is 1. The molecular weight excluding hydrogens is 212 g/mol. The highest BCUT2D eigenvalue weighted by atomic mass is 16.5. The Labute approximate surface area is 104 Å². The minimum atomic E-state index is 0.0779. The molecule has 0 radical (unpaired) electrons. The van der Waals surface area contributed by atoms with Crippen molar-refractivity contribution in [1.82, 2.24) is 0 Å². The molecule has 2 N–H and O–H groups in total. The fourth-order valence-corrected chi connectivity index (χ4v) is 2.35. The molecule has 0 bridgehead atoms. The zero-order valence-electron chi connectivity index (χ0n) is 10.7. The molecule has 3 heteroatoms. The van der Waals surface area contributed by atoms with Crippen molar-refractivity contribution in [1.29, 1.82) is 0 Å². The molecule has 1 saturated heterocycles. The highest BCUT2D eigenvalue weighted by Crippen LogP contribution is 2.26. The van der Waals surface area contributed by atoms with E-state index in [9.17, 15) is 0 Å². The van der Waals surface area contributed by atoms with Crippen molar-refractivity contribution >= 4 is 5.69 Å². The van der Waals surface area contributed by atoms with Gasteiger partial charge in [-0.05, 0) is 25.0 Å². The van der Waals surface area contributed by atoms with Gasteiger partial charge in [0.2, 0.25) is 0 Å². The molecule has 0 spiro atoms. The third-order valence-electron chi connectivity index (χ3n) is 3.36. The molecule has 0 aliphatic carbocycles. The fourth-order valence-electron chi connectivity index (χ4n) is 2.35. The second kappa shape index (κ2) is 5.52. The van der Waals surface area contributed by atoms with E-state index in [0.717, 1.165) is 26.1 Å². The second-order valence-electron chi connectivity index (χ2n) is 4.69. The van der Waals surface area contributed by atoms with Gasteiger partial charge in [0, 0.05) is 24.8 Å². The maximum Gasteiger partial charge on any atom is 0.0748 e. The molecule has 1 aromatic rings. The zero-order chi connectivity index (χ0) is 12.3. The predicted octanol–water partition coefficient (Wildman–Crippen LogP) is 2.32. The van der Waals surface area contributed by atoms with Gasteiger partial charge in [0.05, 0.1) is 12.7 Å². The summed E-state index contributed by atoms with van der Waals surface area (Å²) in [6, 6.07) is 8.50. The molecule has 3 nitrogen and oxygen atoms in total. The monoisotopic (exact) mass is 234 g/mol. The Bertz CT molecular complexity index is 365. The average Bonchev–Trinajstić information content (AvgIpc) is 2.39. The Morgan fingerprint density at radius 2 is 2.24 bits per heavy atom. The summed E-state index contributed by atoms with van der Waals surface area (Å²) in [5.41, 5.74) is 8.52. The summed E-state index contributed by atoms with van der Waals surface area (Å²) in [6.45, 7) is 6.95. The molecule has 1 aromatic carbocycles. The molecule has 1 aliphatic heterocycles. The van der Waals surface area contributed by atoms with E-state index in [2.05, 4.69) is 36.1 Å². The van der Waals surface area contributed by atoms with Crippen LogP contribution in [0.5, 0.6) is 0 Å². The van der Waals surface area contributed by atoms with Crippen molar-refractivity contribution < 1.29 is 4.74 Å². The van der Waals surface area contributed by atoms with Gasteiger partial charge in [0.25, 0.3) is 0 Å². The highest BCUT2D eigenvalue weighted by molar-refractivity contribution is 5.55. The van der Waals surface area contributed by atoms with Gasteiger partial charge < -0.3 is 15.4 Å². The van der Waals surface area contributed by atoms with Crippen molar-refractivity contribution in [3.63, 3.8) is 0 Å². The molecule has 0 amide bonds. The summed E-state index contributed by atoms with van der Waals surface area (Å²) in [5.74, 6) is 0. The number of nitrogens with two attached hydrogens (primary N) is 1. The molecule has 1 heterocycles. The highest BCUT2D eigenvalue weighted by Gasteiger charge is 2.21. The lowest BCUT2D eigenvalue weighted by Gasteiger charge is -2.35. The molecule has 94 valence electrons. The molecule has 17 heavy (non-hydrogen) atoms. The van der Waals surface area contributed by atoms with Crippen LogP contribution >= 0.6 is 0 Å². The van der Waals surface area contributed by atoms with Crippen LogP contribution in [0.1, 0.15) is 31.9 Å². The molecule has 0 saturated carbocycles. The maximum absolute atomic E-state index is 6.03. The van der Waals surface area contributed by atoms with Crippen LogP contribution in [0.3, 0.4) is 0 Å². The first-order valence-corrected chi connectivity index (χ1v) is 6.43. The van der Waals surface area contributed by atoms with Crippen LogP contribution in [0.15, 0.2) is 24.3 Å². The largest absolute Gasteiger partial charge is 0.375 e. The first kappa shape index (κ1) is 12.4. The van der Waals surface area contributed by atoms with E-state index in [4.69, 9.17) is 10.5 Å². The second-order valence-corrected chi connectivity index (χ2v) is 4.69. The van der Waals surface area contributed by atoms with Gasteiger partial charge in [-0.3, -0.25) is 0 Å². The molecule has 2 rings (SSSR count). The zero-order valence-corrected chi connectivity index (χ0v) is 10.7. The molecular formula is C14H22N2O. The summed E-state index contributed by atoms with van der Waals surface area (Å²) < 4.78 is 5.71. The van der Waals surface area contributed by atoms with E-state index >= 15 is 0 Å². The minimum absolute atomic E-state index is 0.0779. The lowest BCUT2D eigenvalue weighted by Crippen LogP contribution is -2.42. The fraction of sp³-hybridized carbons (Fsp3) is 0.571. The molecule has 1 fully saturated rings. The van der Waals surface area contributed by atoms with Gasteiger partial charge in [-0.15, -0.1) is 0 Å². The Morgan fingerprint density at radius 3 is 2.94 bits per heavy atom. The SMILES string of the molecule is CCC1CN(c2ccccc2C(C)N)CCO1. The van der Waals surface area contributed by atoms with Crippen LogP contribution in [0, 0.1) is 0 Å². The van der Waals surface area contributed by atoms with Gasteiger partial charge in [-0.2, -0.15) is 0 Å². The van der Waals surface area contributed by atoms with Gasteiger partial charge in [0.15, 0.2) is 0 Å². The van der Waals surface area contributed by atoms with Crippen LogP contribution in [0.25, 0.3) is 0 Å². The van der Waals surface area contributed by atoms with Crippen LogP contribution in [0.2, 0.25) is 0 Å². The third kappa shape index (κ3) is 2.79. The van der Waals surface area contributed by atoms with Crippen LogP contribution < -0.4 is 10.6 Å². The van der Waals surface area contributed by atoms with Gasteiger partial charge in [-0.25, -0.2) is 0 Å². The van der Waals surface area contributed by atoms with Crippen molar-refractivity contribution in [2.24, 2.45) is 5.73 Å². The van der Waals surface area contributed by atoms with E-state index in [-0.39, 0.29) is 6.04 Å². The average molecular weight is 234 g/mol. The van der Waals surface area contributed by atoms with E-state index in [0.29, 0.717) is 6.10 Å². The predicted molar refractivity (Wildman–Crippen MR) is 71.3 cm³/mol. The van der Waals surface area contributed by atoms with Gasteiger partial charge >= 0.3 is 0 Å². The Kier molecular flexibility index (Phi) is 4.02. The van der Waals surface area contributed by atoms with Crippen LogP contribution in [0.4, 0.5) is 5.69 Å². The van der Waals surface area contributed by atoms with E-state index in [1.807, 2.05) is 6.92 Å². The topological polar surface area (TPSA) is 38.5 Å². The normalized spacial score (nSPS) is 22.5.